The van der Waals surface area contributed by atoms with Gasteiger partial charge in [-0.15, -0.1) is 0 Å². The molecule has 8 nitrogen and oxygen atoms in total. The lowest BCUT2D eigenvalue weighted by atomic mass is 10.0. The summed E-state index contributed by atoms with van der Waals surface area (Å²) in [6.07, 6.45) is 4.72. The van der Waals surface area contributed by atoms with Crippen molar-refractivity contribution >= 4 is 23.1 Å². The molecule has 0 spiro atoms. The topological polar surface area (TPSA) is 82.5 Å². The highest BCUT2D eigenvalue weighted by molar-refractivity contribution is 6.06. The number of aryl methyl sites for hydroxylation is 2. The Hall–Kier alpha value is -4.27. The number of nitrogens with one attached hydrogen (secondary N) is 2. The number of carbonyl (C=O) groups excluding carboxylic acids is 1. The summed E-state index contributed by atoms with van der Waals surface area (Å²) >= 11 is 0. The van der Waals surface area contributed by atoms with Crippen LogP contribution in [0, 0.1) is 6.92 Å². The zero-order valence-corrected chi connectivity index (χ0v) is 25.7. The van der Waals surface area contributed by atoms with E-state index in [1.165, 1.54) is 5.56 Å². The smallest absolute Gasteiger partial charge is 0.293 e. The van der Waals surface area contributed by atoms with Crippen LogP contribution in [0.25, 0.3) is 11.3 Å². The molecule has 1 fully saturated rings. The number of rotatable bonds is 10. The average Bonchev–Trinajstić information content (AvgIpc) is 3.01. The summed E-state index contributed by atoms with van der Waals surface area (Å²) in [6, 6.07) is 21.8. The standard InChI is InChI=1S/C35H42N6O2/c1-5-6-10-27-11-7-8-12-30(27)34(42)38-31-14-9-13-29(25(31)2)32-24-40(4)35(43)33(37-32)36-28-17-15-26(16-18-28)23-41-21-19-39(3)20-22-41/h7-9,11-18,24H,5-6,10,19-23H2,1-4H3,(H,36,37)(H,38,42). The predicted octanol–water partition coefficient (Wildman–Crippen LogP) is 5.84. The molecule has 2 heterocycles. The van der Waals surface area contributed by atoms with E-state index in [4.69, 9.17) is 4.98 Å². The molecule has 0 aliphatic carbocycles. The van der Waals surface area contributed by atoms with Gasteiger partial charge >= 0.3 is 0 Å². The molecule has 1 aromatic heterocycles. The van der Waals surface area contributed by atoms with Crippen LogP contribution in [0.1, 0.15) is 46.8 Å². The summed E-state index contributed by atoms with van der Waals surface area (Å²) < 4.78 is 1.54. The highest BCUT2D eigenvalue weighted by atomic mass is 16.1. The molecule has 0 bridgehead atoms. The first kappa shape index (κ1) is 30.2. The fraction of sp³-hybridized carbons (Fsp3) is 0.343. The molecule has 1 aliphatic rings. The van der Waals surface area contributed by atoms with Crippen LogP contribution in [0.4, 0.5) is 17.2 Å². The van der Waals surface area contributed by atoms with Crippen LogP contribution in [0.3, 0.4) is 0 Å². The number of anilines is 3. The molecule has 2 N–H and O–H groups in total. The van der Waals surface area contributed by atoms with E-state index < -0.39 is 0 Å². The van der Waals surface area contributed by atoms with Gasteiger partial charge in [0, 0.05) is 68.5 Å². The largest absolute Gasteiger partial charge is 0.336 e. The molecule has 0 atom stereocenters. The Balaban J connectivity index is 1.34. The summed E-state index contributed by atoms with van der Waals surface area (Å²) in [6.45, 7) is 9.35. The summed E-state index contributed by atoms with van der Waals surface area (Å²) in [7, 11) is 3.89. The van der Waals surface area contributed by atoms with E-state index in [1.54, 1.807) is 17.8 Å². The normalized spacial score (nSPS) is 14.0. The van der Waals surface area contributed by atoms with Crippen LogP contribution in [0.2, 0.25) is 0 Å². The highest BCUT2D eigenvalue weighted by Crippen LogP contribution is 2.28. The zero-order chi connectivity index (χ0) is 30.3. The number of hydrogen-bond acceptors (Lipinski definition) is 6. The van der Waals surface area contributed by atoms with Gasteiger partial charge in [-0.3, -0.25) is 14.5 Å². The molecule has 43 heavy (non-hydrogen) atoms. The second kappa shape index (κ2) is 13.8. The van der Waals surface area contributed by atoms with Gasteiger partial charge in [-0.2, -0.15) is 0 Å². The van der Waals surface area contributed by atoms with E-state index in [2.05, 4.69) is 46.5 Å². The van der Waals surface area contributed by atoms with Gasteiger partial charge in [0.05, 0.1) is 5.69 Å². The minimum absolute atomic E-state index is 0.126. The van der Waals surface area contributed by atoms with Crippen LogP contribution < -0.4 is 16.2 Å². The van der Waals surface area contributed by atoms with Gasteiger partial charge in [-0.25, -0.2) is 4.98 Å². The van der Waals surface area contributed by atoms with Gasteiger partial charge in [-0.1, -0.05) is 55.8 Å². The molecule has 5 rings (SSSR count). The maximum absolute atomic E-state index is 13.3. The molecule has 8 heteroatoms. The van der Waals surface area contributed by atoms with Crippen molar-refractivity contribution < 1.29 is 4.79 Å². The molecule has 0 saturated carbocycles. The maximum Gasteiger partial charge on any atom is 0.293 e. The number of nitrogens with zero attached hydrogens (tertiary/aromatic N) is 4. The van der Waals surface area contributed by atoms with Crippen molar-refractivity contribution in [3.8, 4) is 11.3 Å². The van der Waals surface area contributed by atoms with Gasteiger partial charge < -0.3 is 20.1 Å². The van der Waals surface area contributed by atoms with E-state index in [-0.39, 0.29) is 17.3 Å². The van der Waals surface area contributed by atoms with E-state index in [9.17, 15) is 9.59 Å². The van der Waals surface area contributed by atoms with Crippen LogP contribution in [0.5, 0.6) is 0 Å². The van der Waals surface area contributed by atoms with E-state index in [1.807, 2.05) is 61.5 Å². The molecule has 0 unspecified atom stereocenters. The third-order valence-corrected chi connectivity index (χ3v) is 8.21. The molecule has 1 aliphatic heterocycles. The Morgan fingerprint density at radius 3 is 2.42 bits per heavy atom. The van der Waals surface area contributed by atoms with Crippen LogP contribution in [-0.4, -0.2) is 58.5 Å². The fourth-order valence-electron chi connectivity index (χ4n) is 5.48. The van der Waals surface area contributed by atoms with Crippen molar-refractivity contribution in [2.24, 2.45) is 7.05 Å². The highest BCUT2D eigenvalue weighted by Gasteiger charge is 2.17. The van der Waals surface area contributed by atoms with Crippen molar-refractivity contribution in [1.29, 1.82) is 0 Å². The van der Waals surface area contributed by atoms with Crippen molar-refractivity contribution in [3.05, 3.63) is 106 Å². The number of amides is 1. The minimum Gasteiger partial charge on any atom is -0.336 e. The number of aromatic nitrogens is 2. The maximum atomic E-state index is 13.3. The molecule has 224 valence electrons. The zero-order valence-electron chi connectivity index (χ0n) is 25.7. The molecule has 4 aromatic rings. The first-order valence-electron chi connectivity index (χ1n) is 15.2. The average molecular weight is 579 g/mol. The number of carbonyl (C=O) groups is 1. The first-order valence-corrected chi connectivity index (χ1v) is 15.2. The van der Waals surface area contributed by atoms with Gasteiger partial charge in [0.2, 0.25) is 0 Å². The van der Waals surface area contributed by atoms with Crippen LogP contribution in [-0.2, 0) is 20.0 Å². The molecular weight excluding hydrogens is 536 g/mol. The predicted molar refractivity (Wildman–Crippen MR) is 175 cm³/mol. The lowest BCUT2D eigenvalue weighted by Gasteiger charge is -2.32. The molecule has 3 aromatic carbocycles. The first-order chi connectivity index (χ1) is 20.8. The van der Waals surface area contributed by atoms with Gasteiger partial charge in [0.1, 0.15) is 0 Å². The fourth-order valence-corrected chi connectivity index (χ4v) is 5.48. The summed E-state index contributed by atoms with van der Waals surface area (Å²) in [5.41, 5.74) is 6.68. The Morgan fingerprint density at radius 2 is 1.67 bits per heavy atom. The van der Waals surface area contributed by atoms with E-state index in [0.717, 1.165) is 74.4 Å². The third-order valence-electron chi connectivity index (χ3n) is 8.21. The van der Waals surface area contributed by atoms with Crippen molar-refractivity contribution in [1.82, 2.24) is 19.4 Å². The third kappa shape index (κ3) is 7.39. The Kier molecular flexibility index (Phi) is 9.69. The monoisotopic (exact) mass is 578 g/mol. The van der Waals surface area contributed by atoms with Gasteiger partial charge in [0.25, 0.3) is 11.5 Å². The van der Waals surface area contributed by atoms with E-state index in [0.29, 0.717) is 16.9 Å². The van der Waals surface area contributed by atoms with Gasteiger partial charge in [-0.05, 0) is 67.8 Å². The Labute approximate surface area is 254 Å². The number of hydrogen-bond donors (Lipinski definition) is 2. The summed E-state index contributed by atoms with van der Waals surface area (Å²) in [5, 5.41) is 6.35. The summed E-state index contributed by atoms with van der Waals surface area (Å²) in [5.74, 6) is 0.129. The quantitative estimate of drug-likeness (QED) is 0.246. The molecular formula is C35H42N6O2. The van der Waals surface area contributed by atoms with Crippen molar-refractivity contribution in [2.75, 3.05) is 43.9 Å². The van der Waals surface area contributed by atoms with Crippen molar-refractivity contribution in [2.45, 2.75) is 39.7 Å². The second-order valence-electron chi connectivity index (χ2n) is 11.5. The van der Waals surface area contributed by atoms with E-state index >= 15 is 0 Å². The summed E-state index contributed by atoms with van der Waals surface area (Å²) in [4.78, 5) is 35.9. The van der Waals surface area contributed by atoms with Crippen molar-refractivity contribution in [3.63, 3.8) is 0 Å². The SMILES string of the molecule is CCCCc1ccccc1C(=O)Nc1cccc(-c2cn(C)c(=O)c(Nc3ccc(CN4CCN(C)CC4)cc3)n2)c1C. The lowest BCUT2D eigenvalue weighted by Crippen LogP contribution is -2.43. The number of benzene rings is 3. The second-order valence-corrected chi connectivity index (χ2v) is 11.5. The molecule has 1 amide bonds. The molecule has 1 saturated heterocycles. The number of piperazine rings is 1. The lowest BCUT2D eigenvalue weighted by molar-refractivity contribution is 0.102. The Bertz CT molecular complexity index is 1620. The minimum atomic E-state index is -0.212. The van der Waals surface area contributed by atoms with Crippen LogP contribution in [0.15, 0.2) is 77.7 Å². The molecule has 0 radical (unpaired) electrons. The number of unbranched alkanes of at least 4 members (excludes halogenated alkanes) is 1. The Morgan fingerprint density at radius 1 is 0.930 bits per heavy atom. The van der Waals surface area contributed by atoms with Crippen LogP contribution >= 0.6 is 0 Å². The number of likely N-dealkylation sites (N-methyl/N-ethyl adjacent to an activating group) is 1. The van der Waals surface area contributed by atoms with Gasteiger partial charge in [0.15, 0.2) is 5.82 Å².